The molecule has 0 saturated heterocycles. The van der Waals surface area contributed by atoms with Crippen molar-refractivity contribution in [2.24, 2.45) is 0 Å². The van der Waals surface area contributed by atoms with E-state index in [2.05, 4.69) is 38.8 Å². The van der Waals surface area contributed by atoms with Crippen LogP contribution in [0.2, 0.25) is 0 Å². The summed E-state index contributed by atoms with van der Waals surface area (Å²) in [7, 11) is 3.64. The van der Waals surface area contributed by atoms with Gasteiger partial charge in [0.05, 0.1) is 17.3 Å². The fraction of sp³-hybridized carbons (Fsp3) is 0.353. The molecular formula is C17H21N7O. The van der Waals surface area contributed by atoms with Crippen LogP contribution in [0.3, 0.4) is 0 Å². The number of aromatic nitrogens is 5. The first-order valence-electron chi connectivity index (χ1n) is 8.04. The number of H-pyrrole nitrogens is 1. The van der Waals surface area contributed by atoms with Crippen molar-refractivity contribution in [3.63, 3.8) is 0 Å². The standard InChI is InChI=1S/C17H21N7O/c1-9(2)10-5-6-12-11(7-10)15(25)20-13(19-12)8-14-21-16(18)23-17(22-14)24(3)4/h5-7,9H,8H2,1-4H3,(H,19,20,25)(H2,18,21,22,23). The number of nitrogens with two attached hydrogens (primary N) is 1. The number of aromatic amines is 1. The molecule has 8 heteroatoms. The van der Waals surface area contributed by atoms with Gasteiger partial charge in [-0.15, -0.1) is 0 Å². The second kappa shape index (κ2) is 6.46. The molecule has 0 radical (unpaired) electrons. The summed E-state index contributed by atoms with van der Waals surface area (Å²) in [5.74, 6) is 1.90. The number of nitrogens with zero attached hydrogens (tertiary/aromatic N) is 5. The molecule has 25 heavy (non-hydrogen) atoms. The average molecular weight is 339 g/mol. The van der Waals surface area contributed by atoms with Crippen LogP contribution in [0.5, 0.6) is 0 Å². The smallest absolute Gasteiger partial charge is 0.258 e. The Bertz CT molecular complexity index is 978. The molecule has 8 nitrogen and oxygen atoms in total. The Morgan fingerprint density at radius 3 is 2.60 bits per heavy atom. The van der Waals surface area contributed by atoms with Crippen molar-refractivity contribution < 1.29 is 0 Å². The number of anilines is 2. The molecule has 0 aliphatic rings. The molecule has 0 atom stereocenters. The molecule has 0 spiro atoms. The molecule has 130 valence electrons. The molecule has 0 amide bonds. The lowest BCUT2D eigenvalue weighted by atomic mass is 10.0. The normalized spacial score (nSPS) is 11.2. The monoisotopic (exact) mass is 339 g/mol. The molecule has 1 aromatic carbocycles. The average Bonchev–Trinajstić information content (AvgIpc) is 2.53. The minimum Gasteiger partial charge on any atom is -0.368 e. The molecule has 2 heterocycles. The van der Waals surface area contributed by atoms with Gasteiger partial charge in [-0.05, 0) is 23.6 Å². The van der Waals surface area contributed by atoms with Crippen LogP contribution in [0.25, 0.3) is 10.9 Å². The molecule has 0 aliphatic heterocycles. The second-order valence-corrected chi connectivity index (χ2v) is 6.42. The van der Waals surface area contributed by atoms with Gasteiger partial charge in [0.15, 0.2) is 0 Å². The summed E-state index contributed by atoms with van der Waals surface area (Å²) < 4.78 is 0. The Morgan fingerprint density at radius 1 is 1.16 bits per heavy atom. The van der Waals surface area contributed by atoms with Gasteiger partial charge in [0.25, 0.3) is 5.56 Å². The Kier molecular flexibility index (Phi) is 4.35. The maximum absolute atomic E-state index is 12.4. The highest BCUT2D eigenvalue weighted by atomic mass is 16.1. The number of benzene rings is 1. The van der Waals surface area contributed by atoms with Gasteiger partial charge in [-0.2, -0.15) is 15.0 Å². The van der Waals surface area contributed by atoms with Gasteiger partial charge in [-0.1, -0.05) is 19.9 Å². The zero-order valence-corrected chi connectivity index (χ0v) is 14.7. The van der Waals surface area contributed by atoms with E-state index in [1.165, 1.54) is 0 Å². The number of fused-ring (bicyclic) bond motifs is 1. The molecule has 0 bridgehead atoms. The van der Waals surface area contributed by atoms with Crippen LogP contribution in [-0.4, -0.2) is 39.0 Å². The number of nitrogens with one attached hydrogen (secondary N) is 1. The largest absolute Gasteiger partial charge is 0.368 e. The van der Waals surface area contributed by atoms with E-state index in [0.717, 1.165) is 5.56 Å². The summed E-state index contributed by atoms with van der Waals surface area (Å²) in [6.07, 6.45) is 0.269. The maximum atomic E-state index is 12.4. The van der Waals surface area contributed by atoms with E-state index in [1.807, 2.05) is 32.3 Å². The Balaban J connectivity index is 2.00. The van der Waals surface area contributed by atoms with Crippen molar-refractivity contribution in [2.75, 3.05) is 24.7 Å². The SMILES string of the molecule is CC(C)c1ccc2nc(Cc3nc(N)nc(N(C)C)n3)[nH]c(=O)c2c1. The molecule has 3 rings (SSSR count). The van der Waals surface area contributed by atoms with E-state index in [9.17, 15) is 4.79 Å². The quantitative estimate of drug-likeness (QED) is 0.740. The van der Waals surface area contributed by atoms with Gasteiger partial charge < -0.3 is 15.6 Å². The number of hydrogen-bond acceptors (Lipinski definition) is 7. The molecule has 2 aromatic heterocycles. The lowest BCUT2D eigenvalue weighted by molar-refractivity contribution is 0.852. The van der Waals surface area contributed by atoms with Crippen LogP contribution in [0.1, 0.15) is 37.0 Å². The minimum atomic E-state index is -0.169. The molecular weight excluding hydrogens is 318 g/mol. The van der Waals surface area contributed by atoms with Gasteiger partial charge in [0, 0.05) is 14.1 Å². The summed E-state index contributed by atoms with van der Waals surface area (Å²) in [4.78, 5) is 34.0. The Labute approximate surface area is 145 Å². The van der Waals surface area contributed by atoms with Crippen LogP contribution >= 0.6 is 0 Å². The molecule has 0 aliphatic carbocycles. The molecule has 0 saturated carbocycles. The van der Waals surface area contributed by atoms with Gasteiger partial charge >= 0.3 is 0 Å². The molecule has 0 fully saturated rings. The fourth-order valence-electron chi connectivity index (χ4n) is 2.50. The van der Waals surface area contributed by atoms with Gasteiger partial charge in [0.2, 0.25) is 11.9 Å². The number of rotatable bonds is 4. The number of hydrogen-bond donors (Lipinski definition) is 2. The van der Waals surface area contributed by atoms with Crippen LogP contribution in [0.15, 0.2) is 23.0 Å². The van der Waals surface area contributed by atoms with Gasteiger partial charge in [-0.3, -0.25) is 4.79 Å². The zero-order chi connectivity index (χ0) is 18.1. The summed E-state index contributed by atoms with van der Waals surface area (Å²) in [5.41, 5.74) is 7.32. The van der Waals surface area contributed by atoms with E-state index in [0.29, 0.717) is 34.4 Å². The Hall–Kier alpha value is -3.03. The van der Waals surface area contributed by atoms with Crippen LogP contribution in [-0.2, 0) is 6.42 Å². The third kappa shape index (κ3) is 3.57. The van der Waals surface area contributed by atoms with Crippen molar-refractivity contribution in [3.05, 3.63) is 45.8 Å². The maximum Gasteiger partial charge on any atom is 0.258 e. The summed E-state index contributed by atoms with van der Waals surface area (Å²) in [6, 6.07) is 5.76. The van der Waals surface area contributed by atoms with E-state index >= 15 is 0 Å². The minimum absolute atomic E-state index is 0.137. The summed E-state index contributed by atoms with van der Waals surface area (Å²) >= 11 is 0. The lowest BCUT2D eigenvalue weighted by Gasteiger charge is -2.11. The highest BCUT2D eigenvalue weighted by molar-refractivity contribution is 5.78. The van der Waals surface area contributed by atoms with Crippen molar-refractivity contribution in [1.29, 1.82) is 0 Å². The first-order valence-corrected chi connectivity index (χ1v) is 8.04. The number of nitrogen functional groups attached to an aromatic ring is 1. The van der Waals surface area contributed by atoms with Gasteiger partial charge in [0.1, 0.15) is 11.6 Å². The van der Waals surface area contributed by atoms with E-state index in [-0.39, 0.29) is 17.9 Å². The van der Waals surface area contributed by atoms with Crippen molar-refractivity contribution in [1.82, 2.24) is 24.9 Å². The van der Waals surface area contributed by atoms with Crippen LogP contribution in [0.4, 0.5) is 11.9 Å². The second-order valence-electron chi connectivity index (χ2n) is 6.42. The predicted octanol–water partition coefficient (Wildman–Crippen LogP) is 1.47. The first kappa shape index (κ1) is 16.8. The Morgan fingerprint density at radius 2 is 1.92 bits per heavy atom. The summed E-state index contributed by atoms with van der Waals surface area (Å²) in [6.45, 7) is 4.18. The van der Waals surface area contributed by atoms with E-state index in [1.54, 1.807) is 4.90 Å². The highest BCUT2D eigenvalue weighted by Gasteiger charge is 2.11. The van der Waals surface area contributed by atoms with Crippen LogP contribution < -0.4 is 16.2 Å². The van der Waals surface area contributed by atoms with Crippen molar-refractivity contribution in [3.8, 4) is 0 Å². The molecule has 3 N–H and O–H groups in total. The van der Waals surface area contributed by atoms with Crippen LogP contribution in [0, 0.1) is 0 Å². The predicted molar refractivity (Wildman–Crippen MR) is 97.8 cm³/mol. The zero-order valence-electron chi connectivity index (χ0n) is 14.7. The summed E-state index contributed by atoms with van der Waals surface area (Å²) in [5, 5.41) is 0.582. The van der Waals surface area contributed by atoms with E-state index < -0.39 is 0 Å². The third-order valence-corrected chi connectivity index (χ3v) is 3.86. The third-order valence-electron chi connectivity index (χ3n) is 3.86. The molecule has 3 aromatic rings. The first-order chi connectivity index (χ1) is 11.8. The fourth-order valence-corrected chi connectivity index (χ4v) is 2.50. The molecule has 0 unspecified atom stereocenters. The van der Waals surface area contributed by atoms with E-state index in [4.69, 9.17) is 5.73 Å². The van der Waals surface area contributed by atoms with Crippen molar-refractivity contribution >= 4 is 22.8 Å². The van der Waals surface area contributed by atoms with Crippen molar-refractivity contribution in [2.45, 2.75) is 26.2 Å². The topological polar surface area (TPSA) is 114 Å². The lowest BCUT2D eigenvalue weighted by Crippen LogP contribution is -2.18. The highest BCUT2D eigenvalue weighted by Crippen LogP contribution is 2.18. The van der Waals surface area contributed by atoms with Gasteiger partial charge in [-0.25, -0.2) is 4.98 Å².